The minimum atomic E-state index is -0.217. The van der Waals surface area contributed by atoms with Crippen LogP contribution >= 0.6 is 0 Å². The molecule has 0 saturated carbocycles. The number of benzene rings is 1. The van der Waals surface area contributed by atoms with Crippen LogP contribution in [0.3, 0.4) is 0 Å². The van der Waals surface area contributed by atoms with Crippen LogP contribution in [0.4, 0.5) is 4.39 Å². The SMILES string of the molecule is CNCc1cncc(-c2ccccc2F)c1. The van der Waals surface area contributed by atoms with Gasteiger partial charge in [0, 0.05) is 30.1 Å². The summed E-state index contributed by atoms with van der Waals surface area (Å²) < 4.78 is 13.5. The van der Waals surface area contributed by atoms with Crippen molar-refractivity contribution in [2.45, 2.75) is 6.54 Å². The lowest BCUT2D eigenvalue weighted by Gasteiger charge is -2.05. The molecule has 2 nitrogen and oxygen atoms in total. The largest absolute Gasteiger partial charge is 0.316 e. The van der Waals surface area contributed by atoms with Crippen molar-refractivity contribution in [3.05, 3.63) is 54.1 Å². The van der Waals surface area contributed by atoms with Crippen molar-refractivity contribution < 1.29 is 4.39 Å². The van der Waals surface area contributed by atoms with Crippen LogP contribution in [0.1, 0.15) is 5.56 Å². The molecule has 0 aliphatic rings. The summed E-state index contributed by atoms with van der Waals surface area (Å²) >= 11 is 0. The quantitative estimate of drug-likeness (QED) is 0.853. The average Bonchev–Trinajstić information content (AvgIpc) is 2.30. The van der Waals surface area contributed by atoms with E-state index in [1.54, 1.807) is 24.5 Å². The van der Waals surface area contributed by atoms with Gasteiger partial charge < -0.3 is 5.32 Å². The van der Waals surface area contributed by atoms with Crippen LogP contribution in [0.25, 0.3) is 11.1 Å². The molecule has 0 bridgehead atoms. The number of halogens is 1. The Kier molecular flexibility index (Phi) is 3.27. The first-order chi connectivity index (χ1) is 7.81. The summed E-state index contributed by atoms with van der Waals surface area (Å²) in [5.74, 6) is -0.217. The molecule has 82 valence electrons. The first kappa shape index (κ1) is 10.8. The lowest BCUT2D eigenvalue weighted by atomic mass is 10.1. The van der Waals surface area contributed by atoms with Gasteiger partial charge in [-0.05, 0) is 24.7 Å². The van der Waals surface area contributed by atoms with E-state index in [2.05, 4.69) is 10.3 Å². The van der Waals surface area contributed by atoms with Gasteiger partial charge >= 0.3 is 0 Å². The molecule has 1 N–H and O–H groups in total. The normalized spacial score (nSPS) is 10.4. The number of rotatable bonds is 3. The molecule has 0 spiro atoms. The van der Waals surface area contributed by atoms with Crippen LogP contribution in [-0.4, -0.2) is 12.0 Å². The highest BCUT2D eigenvalue weighted by Gasteiger charge is 2.04. The first-order valence-corrected chi connectivity index (χ1v) is 5.14. The molecule has 0 aliphatic heterocycles. The molecule has 1 aromatic heterocycles. The van der Waals surface area contributed by atoms with E-state index in [9.17, 15) is 4.39 Å². The van der Waals surface area contributed by atoms with Crippen LogP contribution in [0.5, 0.6) is 0 Å². The molecule has 0 fully saturated rings. The zero-order valence-electron chi connectivity index (χ0n) is 9.07. The van der Waals surface area contributed by atoms with Gasteiger partial charge in [0.2, 0.25) is 0 Å². The Balaban J connectivity index is 2.40. The Bertz CT molecular complexity index is 483. The summed E-state index contributed by atoms with van der Waals surface area (Å²) in [6.07, 6.45) is 3.46. The van der Waals surface area contributed by atoms with Gasteiger partial charge in [-0.1, -0.05) is 18.2 Å². The van der Waals surface area contributed by atoms with Gasteiger partial charge in [0.15, 0.2) is 0 Å². The zero-order chi connectivity index (χ0) is 11.4. The molecule has 16 heavy (non-hydrogen) atoms. The number of hydrogen-bond donors (Lipinski definition) is 1. The van der Waals surface area contributed by atoms with Crippen molar-refractivity contribution >= 4 is 0 Å². The van der Waals surface area contributed by atoms with Crippen molar-refractivity contribution in [2.75, 3.05) is 7.05 Å². The molecule has 3 heteroatoms. The lowest BCUT2D eigenvalue weighted by Crippen LogP contribution is -2.05. The first-order valence-electron chi connectivity index (χ1n) is 5.14. The van der Waals surface area contributed by atoms with Gasteiger partial charge in [-0.15, -0.1) is 0 Å². The van der Waals surface area contributed by atoms with Crippen molar-refractivity contribution in [3.8, 4) is 11.1 Å². The Morgan fingerprint density at radius 2 is 2.06 bits per heavy atom. The van der Waals surface area contributed by atoms with Gasteiger partial charge in [-0.3, -0.25) is 4.98 Å². The fourth-order valence-electron chi connectivity index (χ4n) is 1.63. The number of nitrogens with one attached hydrogen (secondary N) is 1. The summed E-state index contributed by atoms with van der Waals surface area (Å²) in [5, 5.41) is 3.04. The zero-order valence-corrected chi connectivity index (χ0v) is 9.07. The summed E-state index contributed by atoms with van der Waals surface area (Å²) in [6.45, 7) is 0.731. The van der Waals surface area contributed by atoms with E-state index in [0.29, 0.717) is 5.56 Å². The third kappa shape index (κ3) is 2.25. The molecule has 0 amide bonds. The Morgan fingerprint density at radius 3 is 2.81 bits per heavy atom. The van der Waals surface area contributed by atoms with E-state index in [1.807, 2.05) is 19.2 Å². The summed E-state index contributed by atoms with van der Waals surface area (Å²) in [7, 11) is 1.87. The molecule has 0 unspecified atom stereocenters. The fraction of sp³-hybridized carbons (Fsp3) is 0.154. The van der Waals surface area contributed by atoms with E-state index in [0.717, 1.165) is 17.7 Å². The second-order valence-corrected chi connectivity index (χ2v) is 3.59. The number of hydrogen-bond acceptors (Lipinski definition) is 2. The predicted molar refractivity (Wildman–Crippen MR) is 62.4 cm³/mol. The van der Waals surface area contributed by atoms with E-state index in [1.165, 1.54) is 6.07 Å². The Morgan fingerprint density at radius 1 is 1.25 bits per heavy atom. The summed E-state index contributed by atoms with van der Waals surface area (Å²) in [4.78, 5) is 4.11. The van der Waals surface area contributed by atoms with Crippen molar-refractivity contribution in [1.82, 2.24) is 10.3 Å². The monoisotopic (exact) mass is 216 g/mol. The highest BCUT2D eigenvalue weighted by Crippen LogP contribution is 2.22. The second-order valence-electron chi connectivity index (χ2n) is 3.59. The average molecular weight is 216 g/mol. The van der Waals surface area contributed by atoms with Crippen molar-refractivity contribution in [2.24, 2.45) is 0 Å². The number of nitrogens with zero attached hydrogens (tertiary/aromatic N) is 1. The Labute approximate surface area is 94.2 Å². The molecule has 0 aliphatic carbocycles. The van der Waals surface area contributed by atoms with Crippen LogP contribution in [-0.2, 0) is 6.54 Å². The second kappa shape index (κ2) is 4.86. The van der Waals surface area contributed by atoms with Gasteiger partial charge in [0.1, 0.15) is 5.82 Å². The topological polar surface area (TPSA) is 24.9 Å². The highest BCUT2D eigenvalue weighted by atomic mass is 19.1. The summed E-state index contributed by atoms with van der Waals surface area (Å²) in [6, 6.07) is 8.67. The third-order valence-electron chi connectivity index (χ3n) is 2.36. The molecule has 2 aromatic rings. The minimum absolute atomic E-state index is 0.217. The Hall–Kier alpha value is -1.74. The van der Waals surface area contributed by atoms with Crippen molar-refractivity contribution in [3.63, 3.8) is 0 Å². The van der Waals surface area contributed by atoms with Crippen LogP contribution in [0.2, 0.25) is 0 Å². The maximum absolute atomic E-state index is 13.5. The maximum Gasteiger partial charge on any atom is 0.131 e. The van der Waals surface area contributed by atoms with Crippen molar-refractivity contribution in [1.29, 1.82) is 0 Å². The standard InChI is InChI=1S/C13H13FN2/c1-15-7-10-6-11(9-16-8-10)12-4-2-3-5-13(12)14/h2-6,8-9,15H,7H2,1H3. The third-order valence-corrected chi connectivity index (χ3v) is 2.36. The molecule has 1 aromatic carbocycles. The van der Waals surface area contributed by atoms with Gasteiger partial charge in [-0.2, -0.15) is 0 Å². The molecular formula is C13H13FN2. The van der Waals surface area contributed by atoms with E-state index in [-0.39, 0.29) is 5.82 Å². The van der Waals surface area contributed by atoms with E-state index >= 15 is 0 Å². The van der Waals surface area contributed by atoms with Crippen LogP contribution in [0, 0.1) is 5.82 Å². The predicted octanol–water partition coefficient (Wildman–Crippen LogP) is 2.61. The molecule has 1 heterocycles. The van der Waals surface area contributed by atoms with Gasteiger partial charge in [0.05, 0.1) is 0 Å². The maximum atomic E-state index is 13.5. The van der Waals surface area contributed by atoms with Crippen LogP contribution in [0.15, 0.2) is 42.7 Å². The number of aromatic nitrogens is 1. The molecule has 0 radical (unpaired) electrons. The minimum Gasteiger partial charge on any atom is -0.316 e. The summed E-state index contributed by atoms with van der Waals surface area (Å²) in [5.41, 5.74) is 2.45. The molecule has 2 rings (SSSR count). The number of pyridine rings is 1. The molecular weight excluding hydrogens is 203 g/mol. The molecule has 0 saturated heterocycles. The smallest absolute Gasteiger partial charge is 0.131 e. The fourth-order valence-corrected chi connectivity index (χ4v) is 1.63. The van der Waals surface area contributed by atoms with E-state index in [4.69, 9.17) is 0 Å². The van der Waals surface area contributed by atoms with Gasteiger partial charge in [0.25, 0.3) is 0 Å². The van der Waals surface area contributed by atoms with E-state index < -0.39 is 0 Å². The molecule has 0 atom stereocenters. The lowest BCUT2D eigenvalue weighted by molar-refractivity contribution is 0.631. The highest BCUT2D eigenvalue weighted by molar-refractivity contribution is 5.63. The van der Waals surface area contributed by atoms with Crippen LogP contribution < -0.4 is 5.32 Å². The van der Waals surface area contributed by atoms with Gasteiger partial charge in [-0.25, -0.2) is 4.39 Å².